The maximum atomic E-state index is 12.3. The van der Waals surface area contributed by atoms with Crippen molar-refractivity contribution in [2.75, 3.05) is 7.05 Å². The molecule has 2 rings (SSSR count). The first-order valence-corrected chi connectivity index (χ1v) is 6.70. The summed E-state index contributed by atoms with van der Waals surface area (Å²) in [6.45, 7) is 3.16. The van der Waals surface area contributed by atoms with Crippen LogP contribution in [0.15, 0.2) is 48.5 Å². The van der Waals surface area contributed by atoms with Crippen molar-refractivity contribution in [3.8, 4) is 0 Å². The minimum absolute atomic E-state index is 0.0232. The van der Waals surface area contributed by atoms with Crippen molar-refractivity contribution in [3.05, 3.63) is 70.8 Å². The van der Waals surface area contributed by atoms with Crippen LogP contribution in [-0.2, 0) is 13.1 Å². The molecule has 3 heteroatoms. The highest BCUT2D eigenvalue weighted by Crippen LogP contribution is 2.11. The van der Waals surface area contributed by atoms with Gasteiger partial charge in [0.1, 0.15) is 0 Å². The normalized spacial score (nSPS) is 10.3. The minimum Gasteiger partial charge on any atom is -0.337 e. The highest BCUT2D eigenvalue weighted by molar-refractivity contribution is 5.94. The first kappa shape index (κ1) is 14.3. The number of aryl methyl sites for hydroxylation is 1. The summed E-state index contributed by atoms with van der Waals surface area (Å²) in [5.74, 6) is 0.0232. The van der Waals surface area contributed by atoms with Crippen LogP contribution in [0.25, 0.3) is 0 Å². The molecule has 0 fully saturated rings. The molecule has 0 saturated carbocycles. The van der Waals surface area contributed by atoms with Gasteiger partial charge in [-0.1, -0.05) is 42.0 Å². The Morgan fingerprint density at radius 3 is 2.40 bits per heavy atom. The van der Waals surface area contributed by atoms with Crippen molar-refractivity contribution in [2.24, 2.45) is 5.73 Å². The zero-order valence-corrected chi connectivity index (χ0v) is 12.0. The molecule has 0 saturated heterocycles. The van der Waals surface area contributed by atoms with E-state index in [0.717, 1.165) is 11.1 Å². The molecule has 0 aromatic heterocycles. The molecule has 2 aromatic carbocycles. The minimum atomic E-state index is 0.0232. The summed E-state index contributed by atoms with van der Waals surface area (Å²) in [6.07, 6.45) is 0. The van der Waals surface area contributed by atoms with Crippen LogP contribution in [0.4, 0.5) is 0 Å². The number of carbonyl (C=O) groups excluding carboxylic acids is 1. The highest BCUT2D eigenvalue weighted by Gasteiger charge is 2.11. The van der Waals surface area contributed by atoms with Crippen molar-refractivity contribution in [3.63, 3.8) is 0 Å². The molecule has 0 spiro atoms. The molecule has 0 unspecified atom stereocenters. The number of carbonyl (C=O) groups is 1. The predicted molar refractivity (Wildman–Crippen MR) is 81.3 cm³/mol. The molecule has 1 amide bonds. The topological polar surface area (TPSA) is 46.3 Å². The van der Waals surface area contributed by atoms with Gasteiger partial charge in [-0.25, -0.2) is 0 Å². The smallest absolute Gasteiger partial charge is 0.253 e. The van der Waals surface area contributed by atoms with E-state index >= 15 is 0 Å². The van der Waals surface area contributed by atoms with E-state index in [9.17, 15) is 4.79 Å². The molecule has 104 valence electrons. The lowest BCUT2D eigenvalue weighted by atomic mass is 10.1. The van der Waals surface area contributed by atoms with Gasteiger partial charge >= 0.3 is 0 Å². The van der Waals surface area contributed by atoms with E-state index in [1.54, 1.807) is 4.90 Å². The van der Waals surface area contributed by atoms with Crippen molar-refractivity contribution in [1.29, 1.82) is 0 Å². The Kier molecular flexibility index (Phi) is 4.53. The van der Waals surface area contributed by atoms with Crippen LogP contribution < -0.4 is 5.73 Å². The Bertz CT molecular complexity index is 590. The van der Waals surface area contributed by atoms with Crippen molar-refractivity contribution in [2.45, 2.75) is 20.0 Å². The second kappa shape index (κ2) is 6.35. The van der Waals surface area contributed by atoms with Crippen LogP contribution >= 0.6 is 0 Å². The van der Waals surface area contributed by atoms with Gasteiger partial charge in [-0.05, 0) is 30.2 Å². The molecule has 0 atom stereocenters. The Labute approximate surface area is 120 Å². The molecule has 20 heavy (non-hydrogen) atoms. The van der Waals surface area contributed by atoms with E-state index in [2.05, 4.69) is 19.1 Å². The fourth-order valence-corrected chi connectivity index (χ4v) is 2.16. The number of nitrogens with two attached hydrogens (primary N) is 1. The fraction of sp³-hybridized carbons (Fsp3) is 0.235. The second-order valence-electron chi connectivity index (χ2n) is 5.05. The van der Waals surface area contributed by atoms with E-state index in [1.165, 1.54) is 5.56 Å². The summed E-state index contributed by atoms with van der Waals surface area (Å²) >= 11 is 0. The summed E-state index contributed by atoms with van der Waals surface area (Å²) < 4.78 is 0. The second-order valence-corrected chi connectivity index (χ2v) is 5.05. The summed E-state index contributed by atoms with van der Waals surface area (Å²) in [4.78, 5) is 14.1. The maximum absolute atomic E-state index is 12.3. The summed E-state index contributed by atoms with van der Waals surface area (Å²) in [5.41, 5.74) is 9.62. The zero-order valence-electron chi connectivity index (χ0n) is 12.0. The standard InChI is InChI=1S/C17H20N2O/c1-13-4-3-5-15(10-13)12-19(2)17(20)16-8-6-14(11-18)7-9-16/h3-10H,11-12,18H2,1-2H3. The van der Waals surface area contributed by atoms with Gasteiger partial charge < -0.3 is 10.6 Å². The Balaban J connectivity index is 2.07. The largest absolute Gasteiger partial charge is 0.337 e. The monoisotopic (exact) mass is 268 g/mol. The molecule has 0 aliphatic heterocycles. The molecule has 0 heterocycles. The van der Waals surface area contributed by atoms with Gasteiger partial charge in [0, 0.05) is 25.7 Å². The molecule has 0 aliphatic carbocycles. The van der Waals surface area contributed by atoms with Crippen molar-refractivity contribution < 1.29 is 4.79 Å². The number of hydrogen-bond acceptors (Lipinski definition) is 2. The van der Waals surface area contributed by atoms with Gasteiger partial charge in [-0.2, -0.15) is 0 Å². The Hall–Kier alpha value is -2.13. The molecule has 0 bridgehead atoms. The maximum Gasteiger partial charge on any atom is 0.253 e. The molecular formula is C17H20N2O. The first-order valence-electron chi connectivity index (χ1n) is 6.70. The molecule has 2 N–H and O–H groups in total. The molecule has 0 radical (unpaired) electrons. The number of nitrogens with zero attached hydrogens (tertiary/aromatic N) is 1. The van der Waals surface area contributed by atoms with Gasteiger partial charge in [-0.15, -0.1) is 0 Å². The number of rotatable bonds is 4. The third-order valence-corrected chi connectivity index (χ3v) is 3.29. The van der Waals surface area contributed by atoms with Crippen LogP contribution in [0.3, 0.4) is 0 Å². The lowest BCUT2D eigenvalue weighted by Gasteiger charge is -2.17. The van der Waals surface area contributed by atoms with Crippen molar-refractivity contribution >= 4 is 5.91 Å². The number of amides is 1. The van der Waals surface area contributed by atoms with Gasteiger partial charge in [0.25, 0.3) is 5.91 Å². The average molecular weight is 268 g/mol. The Morgan fingerprint density at radius 1 is 1.10 bits per heavy atom. The summed E-state index contributed by atoms with van der Waals surface area (Å²) in [7, 11) is 1.82. The third-order valence-electron chi connectivity index (χ3n) is 3.29. The predicted octanol–water partition coefficient (Wildman–Crippen LogP) is 2.73. The lowest BCUT2D eigenvalue weighted by molar-refractivity contribution is 0.0785. The first-order chi connectivity index (χ1) is 9.60. The van der Waals surface area contributed by atoms with Gasteiger partial charge in [0.15, 0.2) is 0 Å². The SMILES string of the molecule is Cc1cccc(CN(C)C(=O)c2ccc(CN)cc2)c1. The van der Waals surface area contributed by atoms with E-state index in [-0.39, 0.29) is 5.91 Å². The zero-order chi connectivity index (χ0) is 14.5. The van der Waals surface area contributed by atoms with E-state index in [1.807, 2.05) is 43.4 Å². The lowest BCUT2D eigenvalue weighted by Crippen LogP contribution is -2.26. The third kappa shape index (κ3) is 3.45. The Morgan fingerprint density at radius 2 is 1.80 bits per heavy atom. The van der Waals surface area contributed by atoms with Gasteiger partial charge in [0.2, 0.25) is 0 Å². The summed E-state index contributed by atoms with van der Waals surface area (Å²) in [6, 6.07) is 15.7. The van der Waals surface area contributed by atoms with Gasteiger partial charge in [-0.3, -0.25) is 4.79 Å². The quantitative estimate of drug-likeness (QED) is 0.926. The summed E-state index contributed by atoms with van der Waals surface area (Å²) in [5, 5.41) is 0. The van der Waals surface area contributed by atoms with Crippen LogP contribution in [0.2, 0.25) is 0 Å². The van der Waals surface area contributed by atoms with Gasteiger partial charge in [0.05, 0.1) is 0 Å². The molecule has 3 nitrogen and oxygen atoms in total. The molecule has 0 aliphatic rings. The van der Waals surface area contributed by atoms with Crippen LogP contribution in [0.1, 0.15) is 27.0 Å². The van der Waals surface area contributed by atoms with Crippen molar-refractivity contribution in [1.82, 2.24) is 4.90 Å². The van der Waals surface area contributed by atoms with Crippen LogP contribution in [-0.4, -0.2) is 17.9 Å². The van der Waals surface area contributed by atoms with Crippen LogP contribution in [0.5, 0.6) is 0 Å². The number of hydrogen-bond donors (Lipinski definition) is 1. The fourth-order valence-electron chi connectivity index (χ4n) is 2.16. The van der Waals surface area contributed by atoms with E-state index in [0.29, 0.717) is 18.7 Å². The van der Waals surface area contributed by atoms with E-state index in [4.69, 9.17) is 5.73 Å². The molecular weight excluding hydrogens is 248 g/mol. The highest BCUT2D eigenvalue weighted by atomic mass is 16.2. The average Bonchev–Trinajstić information content (AvgIpc) is 2.46. The van der Waals surface area contributed by atoms with E-state index < -0.39 is 0 Å². The molecule has 2 aromatic rings. The van der Waals surface area contributed by atoms with Crippen LogP contribution in [0, 0.1) is 6.92 Å². The number of benzene rings is 2.